The zero-order valence-electron chi connectivity index (χ0n) is 12.4. The number of hydrogen-bond acceptors (Lipinski definition) is 3. The molecule has 0 saturated heterocycles. The summed E-state index contributed by atoms with van der Waals surface area (Å²) in [6.07, 6.45) is -2.08. The Morgan fingerprint density at radius 2 is 1.77 bits per heavy atom. The molecule has 1 rings (SSSR count). The van der Waals surface area contributed by atoms with Crippen molar-refractivity contribution in [1.82, 2.24) is 4.90 Å². The van der Waals surface area contributed by atoms with E-state index >= 15 is 0 Å². The molecule has 22 heavy (non-hydrogen) atoms. The van der Waals surface area contributed by atoms with Crippen LogP contribution in [0.5, 0.6) is 0 Å². The van der Waals surface area contributed by atoms with Gasteiger partial charge in [0.2, 0.25) is 0 Å². The van der Waals surface area contributed by atoms with Crippen LogP contribution < -0.4 is 0 Å². The first-order valence-electron chi connectivity index (χ1n) is 6.73. The lowest BCUT2D eigenvalue weighted by Gasteiger charge is -2.27. The average Bonchev–Trinajstić information content (AvgIpc) is 2.41. The fourth-order valence-electron chi connectivity index (χ4n) is 2.15. The molecule has 0 aliphatic carbocycles. The summed E-state index contributed by atoms with van der Waals surface area (Å²) in [5, 5.41) is 27.2. The van der Waals surface area contributed by atoms with E-state index in [2.05, 4.69) is 0 Å². The van der Waals surface area contributed by atoms with Crippen LogP contribution in [0.15, 0.2) is 18.2 Å². The molecule has 1 aromatic carbocycles. The Morgan fingerprint density at radius 3 is 2.27 bits per heavy atom. The van der Waals surface area contributed by atoms with E-state index in [-0.39, 0.29) is 13.0 Å². The zero-order valence-corrected chi connectivity index (χ0v) is 12.4. The van der Waals surface area contributed by atoms with Crippen molar-refractivity contribution < 1.29 is 29.7 Å². The molecule has 0 heterocycles. The van der Waals surface area contributed by atoms with Crippen LogP contribution in [-0.4, -0.2) is 44.3 Å². The van der Waals surface area contributed by atoms with Crippen LogP contribution in [0.1, 0.15) is 29.5 Å². The first kappa shape index (κ1) is 17.5. The van der Waals surface area contributed by atoms with Crippen LogP contribution in [0.4, 0.5) is 4.79 Å². The molecule has 0 spiro atoms. The number of amides is 1. The number of hydrogen-bond donors (Lipinski definition) is 3. The van der Waals surface area contributed by atoms with Gasteiger partial charge in [-0.15, -0.1) is 0 Å². The first-order valence-corrected chi connectivity index (χ1v) is 6.73. The smallest absolute Gasteiger partial charge is 0.408 e. The van der Waals surface area contributed by atoms with Gasteiger partial charge in [0.1, 0.15) is 6.04 Å². The Kier molecular flexibility index (Phi) is 5.91. The Labute approximate surface area is 127 Å². The van der Waals surface area contributed by atoms with Gasteiger partial charge in [-0.2, -0.15) is 0 Å². The van der Waals surface area contributed by atoms with Crippen LogP contribution in [0.2, 0.25) is 0 Å². The van der Waals surface area contributed by atoms with Gasteiger partial charge in [0.25, 0.3) is 0 Å². The number of benzene rings is 1. The van der Waals surface area contributed by atoms with E-state index in [0.717, 1.165) is 16.0 Å². The van der Waals surface area contributed by atoms with Gasteiger partial charge in [0.05, 0.1) is 6.54 Å². The van der Waals surface area contributed by atoms with E-state index in [9.17, 15) is 24.6 Å². The molecule has 0 aliphatic rings. The average molecular weight is 309 g/mol. The fraction of sp³-hybridized carbons (Fsp3) is 0.400. The van der Waals surface area contributed by atoms with Crippen molar-refractivity contribution in [2.45, 2.75) is 39.3 Å². The molecule has 120 valence electrons. The summed E-state index contributed by atoms with van der Waals surface area (Å²) in [4.78, 5) is 34.1. The number of rotatable bonds is 7. The van der Waals surface area contributed by atoms with Crippen LogP contribution >= 0.6 is 0 Å². The number of nitrogens with zero attached hydrogens (tertiary/aromatic N) is 1. The molecule has 0 radical (unpaired) electrons. The third-order valence-electron chi connectivity index (χ3n) is 3.60. The molecule has 7 nitrogen and oxygen atoms in total. The molecular formula is C15H19NO6. The second kappa shape index (κ2) is 7.44. The third-order valence-corrected chi connectivity index (χ3v) is 3.60. The molecule has 1 aromatic rings. The summed E-state index contributed by atoms with van der Waals surface area (Å²) in [6.45, 7) is 3.61. The van der Waals surface area contributed by atoms with Crippen molar-refractivity contribution >= 4 is 18.0 Å². The highest BCUT2D eigenvalue weighted by Crippen LogP contribution is 2.18. The fourth-order valence-corrected chi connectivity index (χ4v) is 2.15. The molecular weight excluding hydrogens is 290 g/mol. The van der Waals surface area contributed by atoms with Gasteiger partial charge < -0.3 is 15.3 Å². The molecule has 1 amide bonds. The van der Waals surface area contributed by atoms with Crippen LogP contribution in [-0.2, 0) is 16.1 Å². The number of carbonyl (C=O) groups is 3. The van der Waals surface area contributed by atoms with Crippen molar-refractivity contribution in [2.24, 2.45) is 0 Å². The summed E-state index contributed by atoms with van der Waals surface area (Å²) in [6, 6.07) is 3.98. The molecule has 3 N–H and O–H groups in total. The lowest BCUT2D eigenvalue weighted by molar-refractivity contribution is -0.144. The van der Waals surface area contributed by atoms with Gasteiger partial charge in [-0.05, 0) is 37.0 Å². The Morgan fingerprint density at radius 1 is 1.14 bits per heavy atom. The van der Waals surface area contributed by atoms with Crippen molar-refractivity contribution in [3.05, 3.63) is 34.9 Å². The molecule has 0 saturated carbocycles. The second-order valence-corrected chi connectivity index (χ2v) is 5.06. The van der Waals surface area contributed by atoms with Gasteiger partial charge in [-0.1, -0.05) is 18.2 Å². The molecule has 7 heteroatoms. The highest BCUT2D eigenvalue weighted by atomic mass is 16.4. The minimum Gasteiger partial charge on any atom is -0.481 e. The predicted octanol–water partition coefficient (Wildman–Crippen LogP) is 2.10. The van der Waals surface area contributed by atoms with E-state index in [1.165, 1.54) is 0 Å². The molecule has 0 aliphatic heterocycles. The Balaban J connectivity index is 3.04. The molecule has 0 bridgehead atoms. The molecule has 0 fully saturated rings. The normalized spacial score (nSPS) is 11.7. The van der Waals surface area contributed by atoms with Crippen molar-refractivity contribution in [3.63, 3.8) is 0 Å². The standard InChI is InChI=1S/C15H19NO6/c1-9-4-3-5-11(10(9)2)8-16(15(21)22)12(14(19)20)6-7-13(17)18/h3-5,12H,6-8H2,1-2H3,(H,17,18)(H,19,20)(H,21,22). The summed E-state index contributed by atoms with van der Waals surface area (Å²) in [7, 11) is 0. The minimum atomic E-state index is -1.39. The monoisotopic (exact) mass is 309 g/mol. The maximum absolute atomic E-state index is 11.4. The van der Waals surface area contributed by atoms with Crippen LogP contribution in [0, 0.1) is 13.8 Å². The second-order valence-electron chi connectivity index (χ2n) is 5.06. The van der Waals surface area contributed by atoms with Gasteiger partial charge in [-0.25, -0.2) is 9.59 Å². The maximum atomic E-state index is 11.4. The lowest BCUT2D eigenvalue weighted by Crippen LogP contribution is -2.44. The maximum Gasteiger partial charge on any atom is 0.408 e. The van der Waals surface area contributed by atoms with Crippen molar-refractivity contribution in [3.8, 4) is 0 Å². The van der Waals surface area contributed by atoms with Crippen LogP contribution in [0.3, 0.4) is 0 Å². The number of aryl methyl sites for hydroxylation is 1. The number of carboxylic acid groups (broad SMARTS) is 3. The van der Waals surface area contributed by atoms with Crippen molar-refractivity contribution in [2.75, 3.05) is 0 Å². The third kappa shape index (κ3) is 4.47. The SMILES string of the molecule is Cc1cccc(CN(C(=O)O)C(CCC(=O)O)C(=O)O)c1C. The molecule has 1 unspecified atom stereocenters. The van der Waals surface area contributed by atoms with Crippen LogP contribution in [0.25, 0.3) is 0 Å². The molecule has 1 atom stereocenters. The number of carboxylic acids is 2. The first-order chi connectivity index (χ1) is 10.2. The Bertz CT molecular complexity index is 583. The van der Waals surface area contributed by atoms with Gasteiger partial charge in [0, 0.05) is 6.42 Å². The van der Waals surface area contributed by atoms with E-state index < -0.39 is 30.5 Å². The van der Waals surface area contributed by atoms with Gasteiger partial charge >= 0.3 is 18.0 Å². The van der Waals surface area contributed by atoms with Gasteiger partial charge in [0.15, 0.2) is 0 Å². The van der Waals surface area contributed by atoms with Crippen molar-refractivity contribution in [1.29, 1.82) is 0 Å². The Hall–Kier alpha value is -2.57. The largest absolute Gasteiger partial charge is 0.481 e. The summed E-state index contributed by atoms with van der Waals surface area (Å²) >= 11 is 0. The van der Waals surface area contributed by atoms with Gasteiger partial charge in [-0.3, -0.25) is 9.69 Å². The zero-order chi connectivity index (χ0) is 16.9. The lowest BCUT2D eigenvalue weighted by atomic mass is 10.0. The highest BCUT2D eigenvalue weighted by Gasteiger charge is 2.30. The molecule has 0 aromatic heterocycles. The summed E-state index contributed by atoms with van der Waals surface area (Å²) < 4.78 is 0. The van der Waals surface area contributed by atoms with E-state index in [1.807, 2.05) is 19.9 Å². The minimum absolute atomic E-state index is 0.0978. The topological polar surface area (TPSA) is 115 Å². The van der Waals surface area contributed by atoms with E-state index in [0.29, 0.717) is 5.56 Å². The highest BCUT2D eigenvalue weighted by molar-refractivity contribution is 5.80. The quantitative estimate of drug-likeness (QED) is 0.710. The summed E-state index contributed by atoms with van der Waals surface area (Å²) in [5.41, 5.74) is 2.56. The van der Waals surface area contributed by atoms with E-state index in [1.54, 1.807) is 12.1 Å². The summed E-state index contributed by atoms with van der Waals surface area (Å²) in [5.74, 6) is -2.52. The van der Waals surface area contributed by atoms with E-state index in [4.69, 9.17) is 5.11 Å². The predicted molar refractivity (Wildman–Crippen MR) is 77.8 cm³/mol. The number of aliphatic carboxylic acids is 2.